The highest BCUT2D eigenvalue weighted by molar-refractivity contribution is 5.25. The maximum atomic E-state index is 9.88. The molecule has 2 rings (SSSR count). The van der Waals surface area contributed by atoms with Crippen molar-refractivity contribution in [2.24, 2.45) is 5.92 Å². The number of aliphatic hydroxyl groups is 1. The van der Waals surface area contributed by atoms with Crippen LogP contribution in [0.1, 0.15) is 30.9 Å². The molecule has 1 fully saturated rings. The molecule has 1 N–H and O–H groups in total. The molecule has 0 amide bonds. The Morgan fingerprint density at radius 3 is 2.82 bits per heavy atom. The van der Waals surface area contributed by atoms with Gasteiger partial charge in [-0.3, -0.25) is 4.90 Å². The molecule has 2 unspecified atom stereocenters. The van der Waals surface area contributed by atoms with Gasteiger partial charge in [-0.1, -0.05) is 31.2 Å². The third kappa shape index (κ3) is 3.08. The Balaban J connectivity index is 1.98. The molecular formula is C15H23NO. The predicted octanol–water partition coefficient (Wildman–Crippen LogP) is 2.59. The summed E-state index contributed by atoms with van der Waals surface area (Å²) in [5.74, 6) is 0.452. The summed E-state index contributed by atoms with van der Waals surface area (Å²) in [6.07, 6.45) is 1.91. The molecule has 1 aliphatic heterocycles. The van der Waals surface area contributed by atoms with E-state index in [1.165, 1.54) is 11.1 Å². The highest BCUT2D eigenvalue weighted by atomic mass is 16.3. The lowest BCUT2D eigenvalue weighted by atomic mass is 9.92. The highest BCUT2D eigenvalue weighted by Crippen LogP contribution is 2.22. The second-order valence-corrected chi connectivity index (χ2v) is 5.19. The molecule has 0 spiro atoms. The van der Waals surface area contributed by atoms with Crippen molar-refractivity contribution >= 4 is 0 Å². The van der Waals surface area contributed by atoms with Crippen molar-refractivity contribution in [3.8, 4) is 0 Å². The smallest absolute Gasteiger partial charge is 0.0592 e. The number of hydrogen-bond acceptors (Lipinski definition) is 2. The van der Waals surface area contributed by atoms with Crippen LogP contribution in [0.3, 0.4) is 0 Å². The zero-order valence-electron chi connectivity index (χ0n) is 10.9. The van der Waals surface area contributed by atoms with E-state index in [1.54, 1.807) is 0 Å². The van der Waals surface area contributed by atoms with Crippen LogP contribution in [0.25, 0.3) is 0 Å². The lowest BCUT2D eigenvalue weighted by Crippen LogP contribution is -2.42. The normalized spacial score (nSPS) is 26.1. The number of nitrogens with zero attached hydrogens (tertiary/aromatic N) is 1. The first-order valence-corrected chi connectivity index (χ1v) is 6.65. The van der Waals surface area contributed by atoms with Crippen LogP contribution in [0.2, 0.25) is 0 Å². The molecule has 17 heavy (non-hydrogen) atoms. The van der Waals surface area contributed by atoms with Gasteiger partial charge in [0, 0.05) is 19.6 Å². The molecule has 1 saturated heterocycles. The van der Waals surface area contributed by atoms with Gasteiger partial charge in [0.1, 0.15) is 0 Å². The van der Waals surface area contributed by atoms with Crippen molar-refractivity contribution in [1.29, 1.82) is 0 Å². The molecule has 2 heteroatoms. The Kier molecular flexibility index (Phi) is 4.19. The summed E-state index contributed by atoms with van der Waals surface area (Å²) >= 11 is 0. The van der Waals surface area contributed by atoms with Crippen molar-refractivity contribution in [2.45, 2.75) is 39.3 Å². The van der Waals surface area contributed by atoms with Crippen molar-refractivity contribution < 1.29 is 5.11 Å². The van der Waals surface area contributed by atoms with Crippen molar-refractivity contribution in [2.75, 3.05) is 13.1 Å². The van der Waals surface area contributed by atoms with Gasteiger partial charge in [0.25, 0.3) is 0 Å². The van der Waals surface area contributed by atoms with Gasteiger partial charge in [-0.2, -0.15) is 0 Å². The van der Waals surface area contributed by atoms with Gasteiger partial charge in [0.2, 0.25) is 0 Å². The fraction of sp³-hybridized carbons (Fsp3) is 0.600. The average molecular weight is 233 g/mol. The van der Waals surface area contributed by atoms with E-state index in [0.29, 0.717) is 5.92 Å². The molecule has 0 radical (unpaired) electrons. The Bertz CT molecular complexity index is 364. The van der Waals surface area contributed by atoms with E-state index in [1.807, 2.05) is 0 Å². The second-order valence-electron chi connectivity index (χ2n) is 5.19. The predicted molar refractivity (Wildman–Crippen MR) is 70.9 cm³/mol. The molecule has 94 valence electrons. The minimum Gasteiger partial charge on any atom is -0.393 e. The summed E-state index contributed by atoms with van der Waals surface area (Å²) in [6, 6.07) is 8.58. The number of rotatable bonds is 3. The monoisotopic (exact) mass is 233 g/mol. The second kappa shape index (κ2) is 5.65. The van der Waals surface area contributed by atoms with Crippen molar-refractivity contribution in [3.05, 3.63) is 35.4 Å². The molecule has 2 nitrogen and oxygen atoms in total. The number of aliphatic hydroxyl groups excluding tert-OH is 1. The molecule has 1 aromatic carbocycles. The minimum atomic E-state index is -0.0897. The number of benzene rings is 1. The van der Waals surface area contributed by atoms with Gasteiger partial charge >= 0.3 is 0 Å². The Morgan fingerprint density at radius 2 is 2.12 bits per heavy atom. The van der Waals surface area contributed by atoms with Crippen LogP contribution in [0.5, 0.6) is 0 Å². The fourth-order valence-corrected chi connectivity index (χ4v) is 2.67. The summed E-state index contributed by atoms with van der Waals surface area (Å²) in [4.78, 5) is 2.48. The summed E-state index contributed by atoms with van der Waals surface area (Å²) in [7, 11) is 0. The molecule has 2 atom stereocenters. The molecule has 0 bridgehead atoms. The SMILES string of the molecule is CCC1CN(Cc2ccccc2C)CCC1O. The topological polar surface area (TPSA) is 23.5 Å². The molecule has 1 aliphatic rings. The van der Waals surface area contributed by atoms with E-state index < -0.39 is 0 Å². The fourth-order valence-electron chi connectivity index (χ4n) is 2.67. The van der Waals surface area contributed by atoms with Gasteiger partial charge < -0.3 is 5.11 Å². The first-order chi connectivity index (χ1) is 8.20. The summed E-state index contributed by atoms with van der Waals surface area (Å²) in [5.41, 5.74) is 2.78. The molecule has 0 aliphatic carbocycles. The standard InChI is InChI=1S/C15H23NO/c1-3-13-10-16(9-8-15(13)17)11-14-7-5-4-6-12(14)2/h4-7,13,15,17H,3,8-11H2,1-2H3. The molecular weight excluding hydrogens is 210 g/mol. The maximum Gasteiger partial charge on any atom is 0.0592 e. The van der Waals surface area contributed by atoms with Gasteiger partial charge in [0.15, 0.2) is 0 Å². The largest absolute Gasteiger partial charge is 0.393 e. The van der Waals surface area contributed by atoms with E-state index in [0.717, 1.165) is 32.5 Å². The van der Waals surface area contributed by atoms with E-state index in [-0.39, 0.29) is 6.10 Å². The zero-order valence-corrected chi connectivity index (χ0v) is 10.9. The highest BCUT2D eigenvalue weighted by Gasteiger charge is 2.26. The molecule has 0 saturated carbocycles. The van der Waals surface area contributed by atoms with E-state index in [2.05, 4.69) is 43.0 Å². The van der Waals surface area contributed by atoms with E-state index >= 15 is 0 Å². The Hall–Kier alpha value is -0.860. The van der Waals surface area contributed by atoms with E-state index in [9.17, 15) is 5.11 Å². The molecule has 0 aromatic heterocycles. The van der Waals surface area contributed by atoms with Gasteiger partial charge in [-0.05, 0) is 36.8 Å². The Labute approximate surface area is 104 Å². The quantitative estimate of drug-likeness (QED) is 0.867. The summed E-state index contributed by atoms with van der Waals surface area (Å²) in [5, 5.41) is 9.88. The minimum absolute atomic E-state index is 0.0897. The van der Waals surface area contributed by atoms with Crippen molar-refractivity contribution in [3.63, 3.8) is 0 Å². The van der Waals surface area contributed by atoms with Gasteiger partial charge in [-0.15, -0.1) is 0 Å². The summed E-state index contributed by atoms with van der Waals surface area (Å²) in [6.45, 7) is 7.42. The summed E-state index contributed by atoms with van der Waals surface area (Å²) < 4.78 is 0. The molecule has 1 aromatic rings. The van der Waals surface area contributed by atoms with Crippen LogP contribution in [0.15, 0.2) is 24.3 Å². The van der Waals surface area contributed by atoms with Gasteiger partial charge in [0.05, 0.1) is 6.10 Å². The number of piperidine rings is 1. The third-order valence-corrected chi connectivity index (χ3v) is 3.96. The molecule has 1 heterocycles. The van der Waals surface area contributed by atoms with Crippen LogP contribution < -0.4 is 0 Å². The first-order valence-electron chi connectivity index (χ1n) is 6.65. The first kappa shape index (κ1) is 12.6. The van der Waals surface area contributed by atoms with Crippen LogP contribution in [0, 0.1) is 12.8 Å². The van der Waals surface area contributed by atoms with Crippen LogP contribution in [-0.4, -0.2) is 29.2 Å². The van der Waals surface area contributed by atoms with Crippen LogP contribution in [0.4, 0.5) is 0 Å². The van der Waals surface area contributed by atoms with Gasteiger partial charge in [-0.25, -0.2) is 0 Å². The van der Waals surface area contributed by atoms with E-state index in [4.69, 9.17) is 0 Å². The van der Waals surface area contributed by atoms with Crippen LogP contribution >= 0.6 is 0 Å². The van der Waals surface area contributed by atoms with Crippen LogP contribution in [-0.2, 0) is 6.54 Å². The lowest BCUT2D eigenvalue weighted by Gasteiger charge is -2.36. The third-order valence-electron chi connectivity index (χ3n) is 3.96. The Morgan fingerprint density at radius 1 is 1.35 bits per heavy atom. The number of likely N-dealkylation sites (tertiary alicyclic amines) is 1. The zero-order chi connectivity index (χ0) is 12.3. The van der Waals surface area contributed by atoms with Crippen molar-refractivity contribution in [1.82, 2.24) is 4.90 Å². The maximum absolute atomic E-state index is 9.88. The number of hydrogen-bond donors (Lipinski definition) is 1. The number of aryl methyl sites for hydroxylation is 1. The lowest BCUT2D eigenvalue weighted by molar-refractivity contribution is 0.0221. The average Bonchev–Trinajstić information content (AvgIpc) is 2.34.